The third-order valence-electron chi connectivity index (χ3n) is 4.08. The molecule has 0 saturated carbocycles. The summed E-state index contributed by atoms with van der Waals surface area (Å²) in [5, 5.41) is 6.44. The van der Waals surface area contributed by atoms with Crippen LogP contribution in [0.4, 0.5) is 10.1 Å². The largest absolute Gasteiger partial charge is 0.345 e. The Labute approximate surface area is 167 Å². The monoisotopic (exact) mass is 418 g/mol. The summed E-state index contributed by atoms with van der Waals surface area (Å²) in [6, 6.07) is 12.9. The zero-order chi connectivity index (χ0) is 21.0. The van der Waals surface area contributed by atoms with Crippen molar-refractivity contribution in [2.24, 2.45) is 0 Å². The Hall–Kier alpha value is -3.27. The van der Waals surface area contributed by atoms with E-state index in [-0.39, 0.29) is 18.1 Å². The van der Waals surface area contributed by atoms with Gasteiger partial charge in [-0.05, 0) is 31.2 Å². The molecule has 1 atom stereocenters. The van der Waals surface area contributed by atoms with Gasteiger partial charge in [0.15, 0.2) is 0 Å². The molecule has 0 aliphatic rings. The van der Waals surface area contributed by atoms with Crippen LogP contribution in [0.5, 0.6) is 0 Å². The maximum atomic E-state index is 13.2. The lowest BCUT2D eigenvalue weighted by Crippen LogP contribution is -2.47. The first kappa shape index (κ1) is 20.5. The molecule has 10 heteroatoms. The number of carbonyl (C=O) groups excluding carboxylic acids is 1. The van der Waals surface area contributed by atoms with Crippen molar-refractivity contribution in [2.75, 3.05) is 10.6 Å². The van der Waals surface area contributed by atoms with E-state index in [0.717, 1.165) is 28.3 Å². The van der Waals surface area contributed by atoms with E-state index in [2.05, 4.69) is 15.5 Å². The van der Waals surface area contributed by atoms with Gasteiger partial charge in [-0.3, -0.25) is 9.10 Å². The molecule has 0 fully saturated rings. The fourth-order valence-electron chi connectivity index (χ4n) is 2.74. The fraction of sp³-hybridized carbons (Fsp3) is 0.211. The Bertz CT molecular complexity index is 1080. The predicted octanol–water partition coefficient (Wildman–Crippen LogP) is 2.35. The third-order valence-corrected chi connectivity index (χ3v) is 5.33. The molecular formula is C19H19FN4O4S. The van der Waals surface area contributed by atoms with E-state index in [4.69, 9.17) is 4.52 Å². The van der Waals surface area contributed by atoms with E-state index in [9.17, 15) is 17.6 Å². The first-order valence-corrected chi connectivity index (χ1v) is 10.5. The van der Waals surface area contributed by atoms with Crippen LogP contribution in [0.2, 0.25) is 0 Å². The highest BCUT2D eigenvalue weighted by Crippen LogP contribution is 2.21. The summed E-state index contributed by atoms with van der Waals surface area (Å²) in [6.45, 7) is 1.37. The molecule has 3 aromatic rings. The van der Waals surface area contributed by atoms with Gasteiger partial charge in [0, 0.05) is 5.56 Å². The molecular weight excluding hydrogens is 399 g/mol. The zero-order valence-electron chi connectivity index (χ0n) is 15.7. The quantitative estimate of drug-likeness (QED) is 0.631. The van der Waals surface area contributed by atoms with Crippen LogP contribution in [0.15, 0.2) is 59.1 Å². The van der Waals surface area contributed by atoms with Crippen molar-refractivity contribution in [3.05, 3.63) is 66.3 Å². The maximum Gasteiger partial charge on any atom is 0.246 e. The summed E-state index contributed by atoms with van der Waals surface area (Å²) in [5.74, 6) is -0.520. The summed E-state index contributed by atoms with van der Waals surface area (Å²) < 4.78 is 43.6. The van der Waals surface area contributed by atoms with Gasteiger partial charge in [0.05, 0.1) is 18.5 Å². The Morgan fingerprint density at radius 1 is 1.17 bits per heavy atom. The fourth-order valence-corrected chi connectivity index (χ4v) is 3.91. The van der Waals surface area contributed by atoms with Crippen molar-refractivity contribution in [2.45, 2.75) is 19.5 Å². The van der Waals surface area contributed by atoms with Crippen molar-refractivity contribution in [3.63, 3.8) is 0 Å². The molecule has 1 N–H and O–H groups in total. The molecule has 1 unspecified atom stereocenters. The molecule has 0 radical (unpaired) electrons. The van der Waals surface area contributed by atoms with Crippen molar-refractivity contribution in [1.29, 1.82) is 0 Å². The first-order chi connectivity index (χ1) is 13.8. The Balaban J connectivity index is 1.70. The number of sulfonamides is 1. The Morgan fingerprint density at radius 2 is 1.83 bits per heavy atom. The van der Waals surface area contributed by atoms with E-state index in [1.165, 1.54) is 19.1 Å². The highest BCUT2D eigenvalue weighted by Gasteiger charge is 2.29. The van der Waals surface area contributed by atoms with Crippen LogP contribution in [-0.2, 0) is 21.4 Å². The summed E-state index contributed by atoms with van der Waals surface area (Å²) >= 11 is 0. The van der Waals surface area contributed by atoms with Crippen LogP contribution >= 0.6 is 0 Å². The van der Waals surface area contributed by atoms with Crippen molar-refractivity contribution < 1.29 is 22.1 Å². The highest BCUT2D eigenvalue weighted by atomic mass is 32.2. The second-order valence-electron chi connectivity index (χ2n) is 6.31. The predicted molar refractivity (Wildman–Crippen MR) is 105 cm³/mol. The molecule has 1 amide bonds. The number of nitrogens with zero attached hydrogens (tertiary/aromatic N) is 3. The van der Waals surface area contributed by atoms with Gasteiger partial charge < -0.3 is 9.84 Å². The van der Waals surface area contributed by atoms with Crippen LogP contribution in [0.1, 0.15) is 12.8 Å². The summed E-state index contributed by atoms with van der Waals surface area (Å²) in [4.78, 5) is 16.7. The molecule has 0 saturated heterocycles. The van der Waals surface area contributed by atoms with E-state index in [0.29, 0.717) is 5.82 Å². The first-order valence-electron chi connectivity index (χ1n) is 8.66. The molecule has 152 valence electrons. The minimum Gasteiger partial charge on any atom is -0.345 e. The van der Waals surface area contributed by atoms with Gasteiger partial charge in [0.25, 0.3) is 0 Å². The number of amides is 1. The number of rotatable bonds is 7. The number of benzene rings is 2. The third kappa shape index (κ3) is 4.96. The minimum atomic E-state index is -3.79. The standard InChI is InChI=1S/C19H19FN4O4S/c1-13(24(29(2,26)27)16-10-8-15(20)9-11-16)19(25)21-12-17-22-18(23-28-17)14-6-4-3-5-7-14/h3-11,13H,12H2,1-2H3,(H,21,25). The van der Waals surface area contributed by atoms with Crippen LogP contribution in [0.3, 0.4) is 0 Å². The van der Waals surface area contributed by atoms with Gasteiger partial charge in [0.2, 0.25) is 27.6 Å². The minimum absolute atomic E-state index is 0.0654. The van der Waals surface area contributed by atoms with Crippen LogP contribution in [0.25, 0.3) is 11.4 Å². The molecule has 1 heterocycles. The number of hydrogen-bond acceptors (Lipinski definition) is 6. The lowest BCUT2D eigenvalue weighted by atomic mass is 10.2. The van der Waals surface area contributed by atoms with Gasteiger partial charge in [-0.15, -0.1) is 0 Å². The second kappa shape index (κ2) is 8.39. The average Bonchev–Trinajstić information content (AvgIpc) is 3.16. The molecule has 29 heavy (non-hydrogen) atoms. The van der Waals surface area contributed by atoms with Crippen LogP contribution < -0.4 is 9.62 Å². The molecule has 0 aliphatic carbocycles. The number of anilines is 1. The highest BCUT2D eigenvalue weighted by molar-refractivity contribution is 7.92. The molecule has 0 spiro atoms. The number of halogens is 1. The lowest BCUT2D eigenvalue weighted by Gasteiger charge is -2.28. The molecule has 3 rings (SSSR count). The number of nitrogens with one attached hydrogen (secondary N) is 1. The van der Waals surface area contributed by atoms with Crippen molar-refractivity contribution in [1.82, 2.24) is 15.5 Å². The Kier molecular flexibility index (Phi) is 5.92. The Morgan fingerprint density at radius 3 is 2.45 bits per heavy atom. The van der Waals surface area contributed by atoms with Crippen LogP contribution in [-0.4, -0.2) is 36.8 Å². The smallest absolute Gasteiger partial charge is 0.246 e. The maximum absolute atomic E-state index is 13.2. The molecule has 0 bridgehead atoms. The van der Waals surface area contributed by atoms with Gasteiger partial charge in [0.1, 0.15) is 11.9 Å². The van der Waals surface area contributed by atoms with Gasteiger partial charge in [-0.1, -0.05) is 35.5 Å². The second-order valence-corrected chi connectivity index (χ2v) is 8.17. The zero-order valence-corrected chi connectivity index (χ0v) is 16.6. The van der Waals surface area contributed by atoms with Crippen LogP contribution in [0, 0.1) is 5.82 Å². The van der Waals surface area contributed by atoms with Gasteiger partial charge in [-0.2, -0.15) is 4.98 Å². The van der Waals surface area contributed by atoms with E-state index >= 15 is 0 Å². The normalized spacial score (nSPS) is 12.4. The molecule has 1 aromatic heterocycles. The number of hydrogen-bond donors (Lipinski definition) is 1. The average molecular weight is 418 g/mol. The van der Waals surface area contributed by atoms with E-state index < -0.39 is 27.8 Å². The van der Waals surface area contributed by atoms with Gasteiger partial charge in [-0.25, -0.2) is 12.8 Å². The summed E-state index contributed by atoms with van der Waals surface area (Å²) in [5.41, 5.74) is 0.947. The molecule has 0 aliphatic heterocycles. The molecule has 2 aromatic carbocycles. The van der Waals surface area contributed by atoms with Gasteiger partial charge >= 0.3 is 0 Å². The lowest BCUT2D eigenvalue weighted by molar-refractivity contribution is -0.122. The number of aromatic nitrogens is 2. The van der Waals surface area contributed by atoms with Crippen molar-refractivity contribution >= 4 is 21.6 Å². The summed E-state index contributed by atoms with van der Waals surface area (Å²) in [7, 11) is -3.79. The molecule has 8 nitrogen and oxygen atoms in total. The topological polar surface area (TPSA) is 105 Å². The number of carbonyl (C=O) groups is 1. The summed E-state index contributed by atoms with van der Waals surface area (Å²) in [6.07, 6.45) is 0.976. The van der Waals surface area contributed by atoms with E-state index in [1.807, 2.05) is 30.3 Å². The SMILES string of the molecule is CC(C(=O)NCc1nc(-c2ccccc2)no1)N(c1ccc(F)cc1)S(C)(=O)=O. The van der Waals surface area contributed by atoms with E-state index in [1.54, 1.807) is 0 Å². The van der Waals surface area contributed by atoms with Crippen molar-refractivity contribution in [3.8, 4) is 11.4 Å².